The molecule has 2 aromatic rings. The second-order valence-corrected chi connectivity index (χ2v) is 4.70. The summed E-state index contributed by atoms with van der Waals surface area (Å²) in [4.78, 5) is 0. The zero-order valence-electron chi connectivity index (χ0n) is 12.9. The third-order valence-electron chi connectivity index (χ3n) is 3.23. The predicted octanol–water partition coefficient (Wildman–Crippen LogP) is 0.431. The van der Waals surface area contributed by atoms with Crippen LogP contribution in [0, 0.1) is 0 Å². The number of hydrogen-bond acceptors (Lipinski definition) is 4. The van der Waals surface area contributed by atoms with Crippen molar-refractivity contribution in [3.63, 3.8) is 0 Å². The molecule has 0 aromatic heterocycles. The molecule has 2 atom stereocenters. The van der Waals surface area contributed by atoms with Crippen molar-refractivity contribution in [2.24, 2.45) is 0 Å². The van der Waals surface area contributed by atoms with Gasteiger partial charge in [-0.25, -0.2) is 0 Å². The van der Waals surface area contributed by atoms with Gasteiger partial charge in [-0.1, -0.05) is 42.5 Å². The summed E-state index contributed by atoms with van der Waals surface area (Å²) in [7, 11) is 0. The number of epoxide rings is 1. The Kier molecular flexibility index (Phi) is 7.93. The standard InChI is InChI=1S/C17H18O3.Na.H2O/c1-2-18-14-10-6-7-11-15(14)20-17(16-12-19-16)13-8-4-3-5-9-13;;/h3-11,16-17H,2,12H2,1H3;;1H2/q;+1;/p-1/t16-,17-;;/m0../s1. The van der Waals surface area contributed by atoms with Crippen molar-refractivity contribution in [3.05, 3.63) is 60.2 Å². The first-order valence-electron chi connectivity index (χ1n) is 6.93. The Morgan fingerprint density at radius 3 is 2.23 bits per heavy atom. The maximum atomic E-state index is 6.16. The summed E-state index contributed by atoms with van der Waals surface area (Å²) in [6, 6.07) is 17.9. The molecule has 1 fully saturated rings. The van der Waals surface area contributed by atoms with Crippen molar-refractivity contribution in [1.29, 1.82) is 0 Å². The van der Waals surface area contributed by atoms with E-state index in [1.807, 2.05) is 49.4 Å². The molecule has 3 rings (SSSR count). The summed E-state index contributed by atoms with van der Waals surface area (Å²) in [5, 5.41) is 0. The SMILES string of the molecule is CCOc1ccccc1O[C@@H](c1ccccc1)[C@@H]1CO1.[Na+].[OH-]. The number of para-hydroxylation sites is 2. The molecule has 1 saturated heterocycles. The minimum Gasteiger partial charge on any atom is -0.870 e. The molecule has 1 N–H and O–H groups in total. The Labute approximate surface area is 153 Å². The molecule has 0 bridgehead atoms. The summed E-state index contributed by atoms with van der Waals surface area (Å²) in [5.41, 5.74) is 1.13. The van der Waals surface area contributed by atoms with E-state index < -0.39 is 0 Å². The van der Waals surface area contributed by atoms with Gasteiger partial charge in [-0.15, -0.1) is 0 Å². The molecule has 112 valence electrons. The molecule has 0 aliphatic carbocycles. The Morgan fingerprint density at radius 2 is 1.64 bits per heavy atom. The zero-order chi connectivity index (χ0) is 13.8. The van der Waals surface area contributed by atoms with E-state index in [-0.39, 0.29) is 47.2 Å². The van der Waals surface area contributed by atoms with Crippen molar-refractivity contribution in [3.8, 4) is 11.5 Å². The molecule has 2 aromatic carbocycles. The molecule has 22 heavy (non-hydrogen) atoms. The van der Waals surface area contributed by atoms with Crippen LogP contribution in [-0.4, -0.2) is 24.8 Å². The number of rotatable bonds is 6. The van der Waals surface area contributed by atoms with Crippen molar-refractivity contribution >= 4 is 0 Å². The second kappa shape index (κ2) is 9.18. The average molecular weight is 310 g/mol. The maximum Gasteiger partial charge on any atom is 1.00 e. The molecule has 0 amide bonds. The van der Waals surface area contributed by atoms with Crippen LogP contribution in [0.15, 0.2) is 54.6 Å². The number of ether oxygens (including phenoxy) is 3. The van der Waals surface area contributed by atoms with E-state index in [1.165, 1.54) is 0 Å². The van der Waals surface area contributed by atoms with E-state index in [1.54, 1.807) is 0 Å². The summed E-state index contributed by atoms with van der Waals surface area (Å²) in [6.45, 7) is 3.34. The van der Waals surface area contributed by atoms with Gasteiger partial charge in [0.2, 0.25) is 0 Å². The smallest absolute Gasteiger partial charge is 0.870 e. The molecule has 0 unspecified atom stereocenters. The van der Waals surface area contributed by atoms with E-state index in [0.717, 1.165) is 23.7 Å². The topological polar surface area (TPSA) is 61.0 Å². The average Bonchev–Trinajstić information content (AvgIpc) is 3.32. The van der Waals surface area contributed by atoms with Crippen molar-refractivity contribution in [2.45, 2.75) is 19.1 Å². The largest absolute Gasteiger partial charge is 1.00 e. The molecule has 1 aliphatic rings. The van der Waals surface area contributed by atoms with E-state index in [9.17, 15) is 0 Å². The van der Waals surface area contributed by atoms with E-state index >= 15 is 0 Å². The van der Waals surface area contributed by atoms with Crippen LogP contribution in [0.4, 0.5) is 0 Å². The molecular weight excluding hydrogens is 291 g/mol. The van der Waals surface area contributed by atoms with Crippen LogP contribution in [0.5, 0.6) is 11.5 Å². The van der Waals surface area contributed by atoms with Gasteiger partial charge in [-0.05, 0) is 24.6 Å². The van der Waals surface area contributed by atoms with Gasteiger partial charge in [0.05, 0.1) is 13.2 Å². The number of hydrogen-bond donors (Lipinski definition) is 0. The first-order chi connectivity index (χ1) is 9.88. The fraction of sp³-hybridized carbons (Fsp3) is 0.294. The van der Waals surface area contributed by atoms with Crippen LogP contribution >= 0.6 is 0 Å². The first-order valence-corrected chi connectivity index (χ1v) is 6.93. The van der Waals surface area contributed by atoms with Gasteiger partial charge in [0.25, 0.3) is 0 Å². The van der Waals surface area contributed by atoms with Gasteiger partial charge in [0, 0.05) is 0 Å². The quantitative estimate of drug-likeness (QED) is 0.573. The monoisotopic (exact) mass is 310 g/mol. The van der Waals surface area contributed by atoms with Crippen molar-refractivity contribution in [2.75, 3.05) is 13.2 Å². The molecule has 0 radical (unpaired) electrons. The summed E-state index contributed by atoms with van der Waals surface area (Å²) >= 11 is 0. The fourth-order valence-corrected chi connectivity index (χ4v) is 2.19. The molecule has 0 spiro atoms. The summed E-state index contributed by atoms with van der Waals surface area (Å²) in [5.74, 6) is 1.54. The zero-order valence-corrected chi connectivity index (χ0v) is 14.9. The van der Waals surface area contributed by atoms with Crippen LogP contribution in [0.2, 0.25) is 0 Å². The van der Waals surface area contributed by atoms with Gasteiger partial charge in [0.15, 0.2) is 17.6 Å². The minimum absolute atomic E-state index is 0. The molecule has 0 saturated carbocycles. The van der Waals surface area contributed by atoms with Gasteiger partial charge >= 0.3 is 29.6 Å². The first kappa shape index (κ1) is 19.0. The van der Waals surface area contributed by atoms with Gasteiger partial charge < -0.3 is 19.7 Å². The molecule has 1 heterocycles. The normalized spacial score (nSPS) is 16.7. The number of benzene rings is 2. The van der Waals surface area contributed by atoms with Crippen molar-refractivity contribution < 1.29 is 49.2 Å². The Balaban J connectivity index is 0.00000121. The molecular formula is C17H19NaO4. The van der Waals surface area contributed by atoms with Crippen LogP contribution < -0.4 is 39.0 Å². The molecule has 5 heteroatoms. The Bertz CT molecular complexity index is 558. The summed E-state index contributed by atoms with van der Waals surface area (Å²) in [6.07, 6.45) is 0.0462. The fourth-order valence-electron chi connectivity index (χ4n) is 2.19. The van der Waals surface area contributed by atoms with E-state index in [4.69, 9.17) is 14.2 Å². The minimum atomic E-state index is -0.0854. The summed E-state index contributed by atoms with van der Waals surface area (Å²) < 4.78 is 17.2. The molecule has 4 nitrogen and oxygen atoms in total. The maximum absolute atomic E-state index is 6.16. The van der Waals surface area contributed by atoms with Crippen molar-refractivity contribution in [1.82, 2.24) is 0 Å². The van der Waals surface area contributed by atoms with Crippen LogP contribution in [0.3, 0.4) is 0 Å². The second-order valence-electron chi connectivity index (χ2n) is 4.70. The van der Waals surface area contributed by atoms with Gasteiger partial charge in [0.1, 0.15) is 6.10 Å². The predicted molar refractivity (Wildman–Crippen MR) is 79.1 cm³/mol. The van der Waals surface area contributed by atoms with E-state index in [0.29, 0.717) is 6.61 Å². The third-order valence-corrected chi connectivity index (χ3v) is 3.23. The molecule has 1 aliphatic heterocycles. The Morgan fingerprint density at radius 1 is 1.05 bits per heavy atom. The van der Waals surface area contributed by atoms with Crippen LogP contribution in [0.1, 0.15) is 18.6 Å². The van der Waals surface area contributed by atoms with Gasteiger partial charge in [-0.3, -0.25) is 0 Å². The Hall–Kier alpha value is -1.04. The van der Waals surface area contributed by atoms with Crippen LogP contribution in [-0.2, 0) is 4.74 Å². The third kappa shape index (κ3) is 4.73. The van der Waals surface area contributed by atoms with Crippen LogP contribution in [0.25, 0.3) is 0 Å². The van der Waals surface area contributed by atoms with Gasteiger partial charge in [-0.2, -0.15) is 0 Å². The van der Waals surface area contributed by atoms with E-state index in [2.05, 4.69) is 12.1 Å².